The number of amides is 2. The number of rotatable bonds is 6. The molecule has 0 saturated carbocycles. The number of ether oxygens (including phenoxy) is 1. The van der Waals surface area contributed by atoms with E-state index in [4.69, 9.17) is 28.4 Å². The Balaban J connectivity index is 1.89. The molecule has 0 heterocycles. The quantitative estimate of drug-likeness (QED) is 0.436. The first-order valence-electron chi connectivity index (χ1n) is 11.1. The van der Waals surface area contributed by atoms with Crippen molar-refractivity contribution in [2.24, 2.45) is 11.5 Å². The molecular formula is C27H30N4O3S. The van der Waals surface area contributed by atoms with Crippen molar-refractivity contribution < 1.29 is 14.3 Å². The van der Waals surface area contributed by atoms with Gasteiger partial charge in [0, 0.05) is 23.7 Å². The monoisotopic (exact) mass is 490 g/mol. The molecule has 0 aromatic heterocycles. The van der Waals surface area contributed by atoms with Crippen LogP contribution in [0, 0.1) is 0 Å². The van der Waals surface area contributed by atoms with Gasteiger partial charge in [0.25, 0.3) is 11.8 Å². The molecule has 3 aromatic rings. The van der Waals surface area contributed by atoms with Gasteiger partial charge in [-0.2, -0.15) is 0 Å². The molecular weight excluding hydrogens is 460 g/mol. The number of anilines is 2. The molecule has 0 radical (unpaired) electrons. The first-order chi connectivity index (χ1) is 16.5. The van der Waals surface area contributed by atoms with Crippen LogP contribution in [0.15, 0.2) is 66.7 Å². The molecule has 0 unspecified atom stereocenters. The summed E-state index contributed by atoms with van der Waals surface area (Å²) >= 11 is 5.19. The first kappa shape index (κ1) is 25.9. The summed E-state index contributed by atoms with van der Waals surface area (Å²) in [5.74, 6) is -0.328. The molecule has 0 spiro atoms. The van der Waals surface area contributed by atoms with Gasteiger partial charge in [-0.25, -0.2) is 0 Å². The number of carbonyl (C=O) groups excluding carboxylic acids is 2. The summed E-state index contributed by atoms with van der Waals surface area (Å²) in [5, 5.41) is 2.73. The number of hydrogen-bond acceptors (Lipinski definition) is 5. The van der Waals surface area contributed by atoms with E-state index in [1.54, 1.807) is 48.5 Å². The zero-order chi connectivity index (χ0) is 25.8. The molecule has 0 aliphatic heterocycles. The number of carbonyl (C=O) groups is 2. The van der Waals surface area contributed by atoms with Gasteiger partial charge >= 0.3 is 0 Å². The van der Waals surface area contributed by atoms with Crippen LogP contribution in [-0.4, -0.2) is 24.0 Å². The van der Waals surface area contributed by atoms with Gasteiger partial charge in [0.05, 0.1) is 18.5 Å². The predicted molar refractivity (Wildman–Crippen MR) is 144 cm³/mol. The zero-order valence-corrected chi connectivity index (χ0v) is 21.1. The van der Waals surface area contributed by atoms with Crippen LogP contribution in [0.1, 0.15) is 52.6 Å². The molecule has 3 aromatic carbocycles. The van der Waals surface area contributed by atoms with Crippen molar-refractivity contribution in [1.82, 2.24) is 0 Å². The number of nitrogens with one attached hydrogen (secondary N) is 1. The fourth-order valence-electron chi connectivity index (χ4n) is 3.54. The Morgan fingerprint density at radius 2 is 1.69 bits per heavy atom. The summed E-state index contributed by atoms with van der Waals surface area (Å²) in [6.07, 6.45) is 0. The number of benzene rings is 3. The normalized spacial score (nSPS) is 11.0. The van der Waals surface area contributed by atoms with Gasteiger partial charge in [-0.05, 0) is 65.2 Å². The van der Waals surface area contributed by atoms with Crippen LogP contribution in [0.4, 0.5) is 11.4 Å². The van der Waals surface area contributed by atoms with Crippen molar-refractivity contribution in [2.45, 2.75) is 32.7 Å². The lowest BCUT2D eigenvalue weighted by Gasteiger charge is -2.23. The summed E-state index contributed by atoms with van der Waals surface area (Å²) in [6, 6.07) is 19.3. The van der Waals surface area contributed by atoms with Crippen molar-refractivity contribution in [1.29, 1.82) is 0 Å². The molecule has 182 valence electrons. The summed E-state index contributed by atoms with van der Waals surface area (Å²) in [4.78, 5) is 27.3. The maximum atomic E-state index is 13.3. The summed E-state index contributed by atoms with van der Waals surface area (Å²) in [6.45, 7) is 6.65. The zero-order valence-electron chi connectivity index (χ0n) is 20.3. The lowest BCUT2D eigenvalue weighted by atomic mass is 9.86. The van der Waals surface area contributed by atoms with Crippen molar-refractivity contribution >= 4 is 40.5 Å². The third kappa shape index (κ3) is 6.03. The van der Waals surface area contributed by atoms with Crippen molar-refractivity contribution in [3.05, 3.63) is 89.0 Å². The second-order valence-electron chi connectivity index (χ2n) is 9.05. The SMILES string of the molecule is COc1cc(N(C(=O)c2ccc(C(C)(C)C)cc2)C(N)=S)ccc1NC(=O)c1cccc(CN)c1. The van der Waals surface area contributed by atoms with Gasteiger partial charge in [0.1, 0.15) is 5.75 Å². The summed E-state index contributed by atoms with van der Waals surface area (Å²) in [7, 11) is 1.47. The standard InChI is InChI=1S/C27H30N4O3S/c1-27(2,3)20-10-8-18(9-11-20)25(33)31(26(29)35)21-12-13-22(23(15-21)34-4)30-24(32)19-7-5-6-17(14-19)16-28/h5-15H,16,28H2,1-4H3,(H2,29,35)(H,30,32). The minimum Gasteiger partial charge on any atom is -0.494 e. The summed E-state index contributed by atoms with van der Waals surface area (Å²) < 4.78 is 5.48. The molecule has 0 aliphatic carbocycles. The lowest BCUT2D eigenvalue weighted by molar-refractivity contribution is 0.0999. The Hall–Kier alpha value is -3.75. The van der Waals surface area contributed by atoms with E-state index in [2.05, 4.69) is 26.1 Å². The van der Waals surface area contributed by atoms with Crippen LogP contribution < -0.4 is 26.4 Å². The van der Waals surface area contributed by atoms with E-state index in [0.29, 0.717) is 34.8 Å². The average Bonchev–Trinajstić information content (AvgIpc) is 2.84. The highest BCUT2D eigenvalue weighted by Gasteiger charge is 2.23. The highest BCUT2D eigenvalue weighted by molar-refractivity contribution is 7.80. The Morgan fingerprint density at radius 1 is 1.00 bits per heavy atom. The van der Waals surface area contributed by atoms with E-state index in [1.165, 1.54) is 12.0 Å². The molecule has 0 fully saturated rings. The molecule has 7 nitrogen and oxygen atoms in total. The van der Waals surface area contributed by atoms with Gasteiger partial charge < -0.3 is 21.5 Å². The third-order valence-electron chi connectivity index (χ3n) is 5.54. The Morgan fingerprint density at radius 3 is 2.26 bits per heavy atom. The summed E-state index contributed by atoms with van der Waals surface area (Å²) in [5.41, 5.74) is 15.3. The fourth-order valence-corrected chi connectivity index (χ4v) is 3.73. The molecule has 5 N–H and O–H groups in total. The molecule has 35 heavy (non-hydrogen) atoms. The molecule has 0 aliphatic rings. The van der Waals surface area contributed by atoms with Crippen LogP contribution in [0.2, 0.25) is 0 Å². The fraction of sp³-hybridized carbons (Fsp3) is 0.222. The Bertz CT molecular complexity index is 1250. The van der Waals surface area contributed by atoms with E-state index in [0.717, 1.165) is 11.1 Å². The van der Waals surface area contributed by atoms with Gasteiger partial charge in [0.15, 0.2) is 5.11 Å². The van der Waals surface area contributed by atoms with Crippen LogP contribution >= 0.6 is 12.2 Å². The maximum absolute atomic E-state index is 13.3. The molecule has 0 bridgehead atoms. The molecule has 8 heteroatoms. The van der Waals surface area contributed by atoms with E-state index >= 15 is 0 Å². The lowest BCUT2D eigenvalue weighted by Crippen LogP contribution is -2.40. The van der Waals surface area contributed by atoms with Crippen LogP contribution in [0.25, 0.3) is 0 Å². The predicted octanol–water partition coefficient (Wildman–Crippen LogP) is 4.59. The van der Waals surface area contributed by atoms with E-state index < -0.39 is 0 Å². The Kier molecular flexibility index (Phi) is 7.89. The topological polar surface area (TPSA) is 111 Å². The molecule has 0 saturated heterocycles. The molecule has 2 amide bonds. The van der Waals surface area contributed by atoms with E-state index in [9.17, 15) is 9.59 Å². The van der Waals surface area contributed by atoms with Crippen molar-refractivity contribution in [3.8, 4) is 5.75 Å². The van der Waals surface area contributed by atoms with Gasteiger partial charge in [-0.1, -0.05) is 45.0 Å². The van der Waals surface area contributed by atoms with Gasteiger partial charge in [0.2, 0.25) is 0 Å². The maximum Gasteiger partial charge on any atom is 0.264 e. The van der Waals surface area contributed by atoms with Crippen LogP contribution in [-0.2, 0) is 12.0 Å². The van der Waals surface area contributed by atoms with Gasteiger partial charge in [-0.3, -0.25) is 14.5 Å². The third-order valence-corrected chi connectivity index (χ3v) is 5.72. The van der Waals surface area contributed by atoms with Gasteiger partial charge in [-0.15, -0.1) is 0 Å². The number of thiocarbonyl (C=S) groups is 1. The minimum atomic E-state index is -0.365. The van der Waals surface area contributed by atoms with Crippen LogP contribution in [0.3, 0.4) is 0 Å². The molecule has 3 rings (SSSR count). The van der Waals surface area contributed by atoms with E-state index in [-0.39, 0.29) is 22.3 Å². The minimum absolute atomic E-state index is 0.0380. The Labute approximate surface area is 211 Å². The second-order valence-corrected chi connectivity index (χ2v) is 9.47. The van der Waals surface area contributed by atoms with Crippen molar-refractivity contribution in [3.63, 3.8) is 0 Å². The number of nitrogens with zero attached hydrogens (tertiary/aromatic N) is 1. The number of nitrogens with two attached hydrogens (primary N) is 2. The van der Waals surface area contributed by atoms with E-state index in [1.807, 2.05) is 18.2 Å². The highest BCUT2D eigenvalue weighted by atomic mass is 32.1. The number of methoxy groups -OCH3 is 1. The van der Waals surface area contributed by atoms with Crippen molar-refractivity contribution in [2.75, 3.05) is 17.3 Å². The smallest absolute Gasteiger partial charge is 0.264 e. The average molecular weight is 491 g/mol. The molecule has 0 atom stereocenters. The second kappa shape index (κ2) is 10.7. The van der Waals surface area contributed by atoms with Crippen LogP contribution in [0.5, 0.6) is 5.75 Å². The largest absolute Gasteiger partial charge is 0.494 e. The number of hydrogen-bond donors (Lipinski definition) is 3. The first-order valence-corrected chi connectivity index (χ1v) is 11.5. The highest BCUT2D eigenvalue weighted by Crippen LogP contribution is 2.31.